The lowest BCUT2D eigenvalue weighted by Crippen LogP contribution is -2.14. The van der Waals surface area contributed by atoms with Crippen LogP contribution in [0, 0.1) is 0 Å². The van der Waals surface area contributed by atoms with Crippen molar-refractivity contribution in [2.24, 2.45) is 0 Å². The number of hydrogen-bond acceptors (Lipinski definition) is 2. The molecule has 0 aromatic heterocycles. The molecule has 1 aliphatic carbocycles. The number of nitrogens with zero attached hydrogens (tertiary/aromatic N) is 1. The molecular formula is C13H15NO2. The van der Waals surface area contributed by atoms with E-state index in [1.54, 1.807) is 12.1 Å². The summed E-state index contributed by atoms with van der Waals surface area (Å²) in [7, 11) is 4.02. The molecule has 3 nitrogen and oxygen atoms in total. The van der Waals surface area contributed by atoms with Gasteiger partial charge in [0.1, 0.15) is 0 Å². The van der Waals surface area contributed by atoms with Gasteiger partial charge >= 0.3 is 5.97 Å². The van der Waals surface area contributed by atoms with Crippen LogP contribution in [0.3, 0.4) is 0 Å². The van der Waals surface area contributed by atoms with Crippen molar-refractivity contribution >= 4 is 12.0 Å². The van der Waals surface area contributed by atoms with Crippen LogP contribution in [0.4, 0.5) is 0 Å². The third kappa shape index (κ3) is 1.94. The molecule has 84 valence electrons. The smallest absolute Gasteiger partial charge is 0.335 e. The minimum absolute atomic E-state index is 0.356. The largest absolute Gasteiger partial charge is 0.478 e. The molecule has 0 atom stereocenters. The minimum atomic E-state index is -0.867. The van der Waals surface area contributed by atoms with Gasteiger partial charge in [-0.25, -0.2) is 4.79 Å². The summed E-state index contributed by atoms with van der Waals surface area (Å²) < 4.78 is 0. The number of aryl methyl sites for hydroxylation is 1. The first-order chi connectivity index (χ1) is 7.58. The quantitative estimate of drug-likeness (QED) is 0.825. The molecule has 2 rings (SSSR count). The van der Waals surface area contributed by atoms with E-state index in [2.05, 4.69) is 11.0 Å². The maximum Gasteiger partial charge on any atom is 0.335 e. The summed E-state index contributed by atoms with van der Waals surface area (Å²) in [4.78, 5) is 13.0. The van der Waals surface area contributed by atoms with Crippen molar-refractivity contribution in [2.45, 2.75) is 12.8 Å². The number of allylic oxidation sites excluding steroid dienone is 1. The SMILES string of the molecule is CN(C)C1=Cc2cc(C(=O)O)ccc2CC1. The zero-order valence-electron chi connectivity index (χ0n) is 9.53. The zero-order valence-corrected chi connectivity index (χ0v) is 9.53. The highest BCUT2D eigenvalue weighted by Crippen LogP contribution is 2.25. The predicted molar refractivity (Wildman–Crippen MR) is 63.4 cm³/mol. The number of hydrogen-bond donors (Lipinski definition) is 1. The normalized spacial score (nSPS) is 14.0. The van der Waals surface area contributed by atoms with Crippen LogP contribution < -0.4 is 0 Å². The van der Waals surface area contributed by atoms with Crippen molar-refractivity contribution in [3.63, 3.8) is 0 Å². The van der Waals surface area contributed by atoms with Gasteiger partial charge in [-0.15, -0.1) is 0 Å². The van der Waals surface area contributed by atoms with Crippen molar-refractivity contribution in [1.82, 2.24) is 4.90 Å². The fourth-order valence-corrected chi connectivity index (χ4v) is 1.96. The second kappa shape index (κ2) is 4.00. The van der Waals surface area contributed by atoms with Crippen molar-refractivity contribution in [2.75, 3.05) is 14.1 Å². The summed E-state index contributed by atoms with van der Waals surface area (Å²) >= 11 is 0. The lowest BCUT2D eigenvalue weighted by atomic mass is 9.93. The van der Waals surface area contributed by atoms with Gasteiger partial charge in [0, 0.05) is 19.8 Å². The molecule has 1 aromatic carbocycles. The van der Waals surface area contributed by atoms with Gasteiger partial charge in [0.15, 0.2) is 0 Å². The van der Waals surface area contributed by atoms with E-state index in [9.17, 15) is 4.79 Å². The van der Waals surface area contributed by atoms with Crippen LogP contribution in [-0.4, -0.2) is 30.1 Å². The van der Waals surface area contributed by atoms with Crippen LogP contribution in [0.5, 0.6) is 0 Å². The fourth-order valence-electron chi connectivity index (χ4n) is 1.96. The minimum Gasteiger partial charge on any atom is -0.478 e. The van der Waals surface area contributed by atoms with Gasteiger partial charge in [-0.3, -0.25) is 0 Å². The van der Waals surface area contributed by atoms with Gasteiger partial charge in [0.2, 0.25) is 0 Å². The number of rotatable bonds is 2. The van der Waals surface area contributed by atoms with E-state index in [1.807, 2.05) is 20.2 Å². The average Bonchev–Trinajstić information content (AvgIpc) is 2.27. The molecule has 0 unspecified atom stereocenters. The first-order valence-electron chi connectivity index (χ1n) is 5.32. The Morgan fingerprint density at radius 1 is 1.31 bits per heavy atom. The number of carbonyl (C=O) groups is 1. The van der Waals surface area contributed by atoms with E-state index in [0.717, 1.165) is 18.4 Å². The Morgan fingerprint density at radius 2 is 2.06 bits per heavy atom. The van der Waals surface area contributed by atoms with Gasteiger partial charge in [-0.2, -0.15) is 0 Å². The van der Waals surface area contributed by atoms with Gasteiger partial charge in [0.25, 0.3) is 0 Å². The summed E-state index contributed by atoms with van der Waals surface area (Å²) in [5.74, 6) is -0.867. The van der Waals surface area contributed by atoms with E-state index in [-0.39, 0.29) is 0 Å². The van der Waals surface area contributed by atoms with Crippen LogP contribution in [0.1, 0.15) is 27.9 Å². The Morgan fingerprint density at radius 3 is 2.69 bits per heavy atom. The predicted octanol–water partition coefficient (Wildman–Crippen LogP) is 2.23. The number of aromatic carboxylic acids is 1. The van der Waals surface area contributed by atoms with Crippen molar-refractivity contribution in [3.05, 3.63) is 40.6 Å². The van der Waals surface area contributed by atoms with Gasteiger partial charge in [-0.1, -0.05) is 6.07 Å². The standard InChI is InChI=1S/C13H15NO2/c1-14(2)12-6-5-9-3-4-10(13(15)16)7-11(9)8-12/h3-4,7-8H,5-6H2,1-2H3,(H,15,16). The Labute approximate surface area is 95.0 Å². The van der Waals surface area contributed by atoms with Crippen molar-refractivity contribution in [3.8, 4) is 0 Å². The highest BCUT2D eigenvalue weighted by atomic mass is 16.4. The van der Waals surface area contributed by atoms with E-state index >= 15 is 0 Å². The highest BCUT2D eigenvalue weighted by molar-refractivity contribution is 5.88. The number of carboxylic acid groups (broad SMARTS) is 1. The van der Waals surface area contributed by atoms with E-state index in [0.29, 0.717) is 5.56 Å². The Kier molecular flexibility index (Phi) is 2.69. The summed E-state index contributed by atoms with van der Waals surface area (Å²) in [5, 5.41) is 8.93. The first-order valence-corrected chi connectivity index (χ1v) is 5.32. The Balaban J connectivity index is 2.43. The molecule has 0 saturated heterocycles. The molecule has 3 heteroatoms. The van der Waals surface area contributed by atoms with Crippen LogP contribution >= 0.6 is 0 Å². The molecule has 1 aromatic rings. The first kappa shape index (κ1) is 10.7. The molecular weight excluding hydrogens is 202 g/mol. The maximum atomic E-state index is 10.9. The monoisotopic (exact) mass is 217 g/mol. The third-order valence-electron chi connectivity index (χ3n) is 2.94. The molecule has 0 spiro atoms. The highest BCUT2D eigenvalue weighted by Gasteiger charge is 2.13. The van der Waals surface area contributed by atoms with Gasteiger partial charge in [0.05, 0.1) is 5.56 Å². The van der Waals surface area contributed by atoms with E-state index in [4.69, 9.17) is 5.11 Å². The number of carboxylic acids is 1. The van der Waals surface area contributed by atoms with Crippen LogP contribution in [-0.2, 0) is 6.42 Å². The topological polar surface area (TPSA) is 40.5 Å². The third-order valence-corrected chi connectivity index (χ3v) is 2.94. The number of benzene rings is 1. The molecule has 0 saturated carbocycles. The van der Waals surface area contributed by atoms with Gasteiger partial charge in [-0.05, 0) is 42.2 Å². The maximum absolute atomic E-state index is 10.9. The van der Waals surface area contributed by atoms with Gasteiger partial charge < -0.3 is 10.0 Å². The summed E-state index contributed by atoms with van der Waals surface area (Å²) in [5.41, 5.74) is 3.87. The van der Waals surface area contributed by atoms with Crippen LogP contribution in [0.2, 0.25) is 0 Å². The molecule has 0 heterocycles. The lowest BCUT2D eigenvalue weighted by molar-refractivity contribution is 0.0697. The molecule has 0 bridgehead atoms. The zero-order chi connectivity index (χ0) is 11.7. The summed E-state index contributed by atoms with van der Waals surface area (Å²) in [6.07, 6.45) is 4.08. The summed E-state index contributed by atoms with van der Waals surface area (Å²) in [6, 6.07) is 5.34. The molecule has 0 fully saturated rings. The molecule has 1 N–H and O–H groups in total. The Hall–Kier alpha value is -1.77. The molecule has 1 aliphatic rings. The second-order valence-corrected chi connectivity index (χ2v) is 4.25. The summed E-state index contributed by atoms with van der Waals surface area (Å²) in [6.45, 7) is 0. The Bertz CT molecular complexity index is 461. The lowest BCUT2D eigenvalue weighted by Gasteiger charge is -2.22. The second-order valence-electron chi connectivity index (χ2n) is 4.25. The van der Waals surface area contributed by atoms with E-state index < -0.39 is 5.97 Å². The molecule has 0 aliphatic heterocycles. The van der Waals surface area contributed by atoms with Crippen LogP contribution in [0.15, 0.2) is 23.9 Å². The fraction of sp³-hybridized carbons (Fsp3) is 0.308. The average molecular weight is 217 g/mol. The van der Waals surface area contributed by atoms with Crippen molar-refractivity contribution < 1.29 is 9.90 Å². The van der Waals surface area contributed by atoms with Crippen LogP contribution in [0.25, 0.3) is 6.08 Å². The molecule has 0 radical (unpaired) electrons. The molecule has 0 amide bonds. The molecule has 16 heavy (non-hydrogen) atoms. The van der Waals surface area contributed by atoms with E-state index in [1.165, 1.54) is 11.3 Å². The number of fused-ring (bicyclic) bond motifs is 1. The van der Waals surface area contributed by atoms with Crippen molar-refractivity contribution in [1.29, 1.82) is 0 Å².